The van der Waals surface area contributed by atoms with E-state index in [2.05, 4.69) is 31.9 Å². The summed E-state index contributed by atoms with van der Waals surface area (Å²) in [6.07, 6.45) is 2.36. The summed E-state index contributed by atoms with van der Waals surface area (Å²) in [6, 6.07) is 10.9. The number of halogens is 1. The van der Waals surface area contributed by atoms with Gasteiger partial charge in [-0.05, 0) is 61.4 Å². The standard InChI is InChI=1S/C32H35FN6O5/c1-37-25-11-19-8-10-38(16-22(14-33)35-32(42)43)31(41)23(19)13-24(25)36-29(37)26-12-20-3-2-4-27(28(20)39(26)15-18-5-6-18)44-17-21-7-9-34-30(21)40/h2-4,11-13,18,21-22,35H,5-10,14-17H2,1H3,(H,34,40)(H,42,43). The van der Waals surface area contributed by atoms with Gasteiger partial charge < -0.3 is 34.5 Å². The number of nitrogens with zero attached hydrogens (tertiary/aromatic N) is 4. The maximum Gasteiger partial charge on any atom is 0.405 e. The molecule has 0 bridgehead atoms. The molecule has 1 saturated heterocycles. The molecule has 2 fully saturated rings. The number of imidazole rings is 1. The molecule has 3 aliphatic rings. The second-order valence-electron chi connectivity index (χ2n) is 12.2. The number of fused-ring (bicyclic) bond motifs is 3. The molecule has 1 aliphatic carbocycles. The summed E-state index contributed by atoms with van der Waals surface area (Å²) >= 11 is 0. The molecule has 44 heavy (non-hydrogen) atoms. The summed E-state index contributed by atoms with van der Waals surface area (Å²) in [6.45, 7) is 1.28. The molecular weight excluding hydrogens is 567 g/mol. The number of amides is 3. The highest BCUT2D eigenvalue weighted by molar-refractivity contribution is 6.01. The molecule has 2 unspecified atom stereocenters. The molecule has 0 radical (unpaired) electrons. The Kier molecular flexibility index (Phi) is 7.14. The van der Waals surface area contributed by atoms with E-state index in [-0.39, 0.29) is 24.3 Å². The van der Waals surface area contributed by atoms with Crippen LogP contribution >= 0.6 is 0 Å². The average Bonchev–Trinajstić information content (AvgIpc) is 3.49. The minimum atomic E-state index is -1.32. The molecule has 4 aromatic rings. The molecule has 2 aromatic carbocycles. The van der Waals surface area contributed by atoms with Crippen molar-refractivity contribution in [2.75, 3.05) is 32.9 Å². The predicted octanol–water partition coefficient (Wildman–Crippen LogP) is 3.72. The lowest BCUT2D eigenvalue weighted by molar-refractivity contribution is -0.123. The number of carboxylic acid groups (broad SMARTS) is 1. The summed E-state index contributed by atoms with van der Waals surface area (Å²) in [5, 5.41) is 15.1. The van der Waals surface area contributed by atoms with E-state index in [0.29, 0.717) is 43.1 Å². The minimum Gasteiger partial charge on any atom is -0.491 e. The molecule has 3 N–H and O–H groups in total. The number of para-hydroxylation sites is 1. The van der Waals surface area contributed by atoms with Gasteiger partial charge in [0.25, 0.3) is 5.91 Å². The normalized spacial score (nSPS) is 19.0. The van der Waals surface area contributed by atoms with Crippen molar-refractivity contribution in [2.24, 2.45) is 18.9 Å². The van der Waals surface area contributed by atoms with Gasteiger partial charge in [-0.15, -0.1) is 0 Å². The number of benzene rings is 2. The Morgan fingerprint density at radius 3 is 2.80 bits per heavy atom. The van der Waals surface area contributed by atoms with Gasteiger partial charge in [-0.2, -0.15) is 0 Å². The van der Waals surface area contributed by atoms with Crippen molar-refractivity contribution in [3.8, 4) is 17.3 Å². The van der Waals surface area contributed by atoms with Gasteiger partial charge in [0.2, 0.25) is 5.91 Å². The zero-order chi connectivity index (χ0) is 30.5. The van der Waals surface area contributed by atoms with Gasteiger partial charge in [0, 0.05) is 44.2 Å². The summed E-state index contributed by atoms with van der Waals surface area (Å²) < 4.78 is 24.1. The van der Waals surface area contributed by atoms with Crippen LogP contribution in [0.4, 0.5) is 9.18 Å². The van der Waals surface area contributed by atoms with Crippen molar-refractivity contribution in [2.45, 2.75) is 38.3 Å². The van der Waals surface area contributed by atoms with Crippen LogP contribution in [0.5, 0.6) is 5.75 Å². The number of carbonyl (C=O) groups excluding carboxylic acids is 2. The number of hydrogen-bond acceptors (Lipinski definition) is 5. The first-order valence-electron chi connectivity index (χ1n) is 15.2. The van der Waals surface area contributed by atoms with E-state index >= 15 is 0 Å². The van der Waals surface area contributed by atoms with Gasteiger partial charge in [-0.1, -0.05) is 12.1 Å². The third-order valence-corrected chi connectivity index (χ3v) is 9.08. The fraction of sp³-hybridized carbons (Fsp3) is 0.438. The van der Waals surface area contributed by atoms with E-state index in [1.165, 1.54) is 17.7 Å². The molecule has 0 spiro atoms. The van der Waals surface area contributed by atoms with Crippen LogP contribution in [0.1, 0.15) is 35.2 Å². The van der Waals surface area contributed by atoms with Crippen LogP contribution < -0.4 is 15.4 Å². The Balaban J connectivity index is 1.24. The van der Waals surface area contributed by atoms with Crippen molar-refractivity contribution >= 4 is 39.8 Å². The number of hydrogen-bond donors (Lipinski definition) is 3. The van der Waals surface area contributed by atoms with E-state index in [9.17, 15) is 18.8 Å². The predicted molar refractivity (Wildman–Crippen MR) is 162 cm³/mol. The van der Waals surface area contributed by atoms with Crippen LogP contribution in [0.2, 0.25) is 0 Å². The number of aryl methyl sites for hydroxylation is 1. The molecule has 1 saturated carbocycles. The van der Waals surface area contributed by atoms with Gasteiger partial charge in [0.1, 0.15) is 12.4 Å². The van der Waals surface area contributed by atoms with Crippen molar-refractivity contribution in [3.05, 3.63) is 47.5 Å². The fourth-order valence-electron chi connectivity index (χ4n) is 6.53. The monoisotopic (exact) mass is 602 g/mol. The molecule has 11 nitrogen and oxygen atoms in total. The lowest BCUT2D eigenvalue weighted by Gasteiger charge is -2.31. The van der Waals surface area contributed by atoms with Crippen molar-refractivity contribution < 1.29 is 28.6 Å². The maximum absolute atomic E-state index is 13.5. The molecule has 2 atom stereocenters. The van der Waals surface area contributed by atoms with E-state index in [4.69, 9.17) is 14.8 Å². The van der Waals surface area contributed by atoms with E-state index in [0.717, 1.165) is 52.2 Å². The Morgan fingerprint density at radius 2 is 2.07 bits per heavy atom. The number of alkyl halides is 1. The molecule has 12 heteroatoms. The highest BCUT2D eigenvalue weighted by Gasteiger charge is 2.31. The molecule has 230 valence electrons. The topological polar surface area (TPSA) is 131 Å². The zero-order valence-corrected chi connectivity index (χ0v) is 24.5. The fourth-order valence-corrected chi connectivity index (χ4v) is 6.53. The summed E-state index contributed by atoms with van der Waals surface area (Å²) in [4.78, 5) is 43.1. The smallest absolute Gasteiger partial charge is 0.405 e. The summed E-state index contributed by atoms with van der Waals surface area (Å²) in [5.74, 6) is 1.72. The zero-order valence-electron chi connectivity index (χ0n) is 24.5. The van der Waals surface area contributed by atoms with E-state index in [1.54, 1.807) is 6.07 Å². The SMILES string of the molecule is Cn1c(-c2cc3cccc(OCC4CCNC4=O)c3n2CC2CC2)nc2cc3c(cc21)CCN(CC(CF)NC(=O)O)C3=O. The van der Waals surface area contributed by atoms with Gasteiger partial charge in [-0.3, -0.25) is 9.59 Å². The van der Waals surface area contributed by atoms with Crippen LogP contribution in [0, 0.1) is 11.8 Å². The Hall–Kier alpha value is -4.61. The lowest BCUT2D eigenvalue weighted by Crippen LogP contribution is -2.48. The first kappa shape index (κ1) is 28.2. The second kappa shape index (κ2) is 11.1. The van der Waals surface area contributed by atoms with Crippen LogP contribution in [0.15, 0.2) is 36.4 Å². The second-order valence-corrected chi connectivity index (χ2v) is 12.2. The number of carbonyl (C=O) groups is 3. The molecular formula is C32H35FN6O5. The number of ether oxygens (including phenoxy) is 1. The molecule has 2 aliphatic heterocycles. The highest BCUT2D eigenvalue weighted by Crippen LogP contribution is 2.39. The molecule has 3 amide bonds. The van der Waals surface area contributed by atoms with Crippen LogP contribution in [-0.4, -0.2) is 81.0 Å². The van der Waals surface area contributed by atoms with Gasteiger partial charge >= 0.3 is 6.09 Å². The van der Waals surface area contributed by atoms with Crippen molar-refractivity contribution in [1.29, 1.82) is 0 Å². The Morgan fingerprint density at radius 1 is 1.23 bits per heavy atom. The number of aromatic nitrogens is 3. The van der Waals surface area contributed by atoms with E-state index < -0.39 is 18.8 Å². The summed E-state index contributed by atoms with van der Waals surface area (Å²) in [7, 11) is 1.98. The van der Waals surface area contributed by atoms with Gasteiger partial charge in [0.15, 0.2) is 5.82 Å². The largest absolute Gasteiger partial charge is 0.491 e. The highest BCUT2D eigenvalue weighted by atomic mass is 19.1. The van der Waals surface area contributed by atoms with Crippen molar-refractivity contribution in [3.63, 3.8) is 0 Å². The van der Waals surface area contributed by atoms with Crippen LogP contribution in [0.3, 0.4) is 0 Å². The minimum absolute atomic E-state index is 0.0365. The first-order chi connectivity index (χ1) is 21.3. The Bertz CT molecular complexity index is 1790. The molecule has 7 rings (SSSR count). The van der Waals surface area contributed by atoms with Crippen LogP contribution in [0.25, 0.3) is 33.5 Å². The Labute approximate surface area is 253 Å². The quantitative estimate of drug-likeness (QED) is 0.254. The van der Waals surface area contributed by atoms with Gasteiger partial charge in [-0.25, -0.2) is 14.2 Å². The van der Waals surface area contributed by atoms with Gasteiger partial charge in [0.05, 0.1) is 40.8 Å². The number of rotatable bonds is 10. The average molecular weight is 603 g/mol. The summed E-state index contributed by atoms with van der Waals surface area (Å²) in [5.41, 5.74) is 4.92. The maximum atomic E-state index is 13.5. The molecule has 4 heterocycles. The number of nitrogens with one attached hydrogen (secondary N) is 2. The third kappa shape index (κ3) is 5.11. The first-order valence-corrected chi connectivity index (χ1v) is 15.2. The van der Waals surface area contributed by atoms with E-state index in [1.807, 2.05) is 25.2 Å². The lowest BCUT2D eigenvalue weighted by atomic mass is 9.97. The molecule has 2 aromatic heterocycles. The van der Waals surface area contributed by atoms with Crippen molar-refractivity contribution in [1.82, 2.24) is 29.7 Å². The third-order valence-electron chi connectivity index (χ3n) is 9.08. The van der Waals surface area contributed by atoms with Crippen LogP contribution in [-0.2, 0) is 24.8 Å².